The van der Waals surface area contributed by atoms with Gasteiger partial charge in [0.25, 0.3) is 0 Å². The van der Waals surface area contributed by atoms with Gasteiger partial charge in [0.15, 0.2) is 0 Å². The number of hydrogen-bond acceptors (Lipinski definition) is 1. The summed E-state index contributed by atoms with van der Waals surface area (Å²) < 4.78 is 74.3. The van der Waals surface area contributed by atoms with Gasteiger partial charge in [-0.3, -0.25) is 0 Å². The van der Waals surface area contributed by atoms with E-state index in [1.54, 1.807) is 0 Å². The molecule has 0 spiro atoms. The summed E-state index contributed by atoms with van der Waals surface area (Å²) in [7, 11) is 0. The maximum absolute atomic E-state index is 12.4. The lowest BCUT2D eigenvalue weighted by molar-refractivity contribution is -0.145. The summed E-state index contributed by atoms with van der Waals surface area (Å²) in [6.45, 7) is 2.95. The lowest BCUT2D eigenvalue weighted by Gasteiger charge is -2.14. The number of halogens is 6. The predicted octanol–water partition coefficient (Wildman–Crippen LogP) is 4.24. The van der Waals surface area contributed by atoms with Gasteiger partial charge in [-0.05, 0) is 18.1 Å². The molecule has 96 valence electrons. The maximum Gasteiger partial charge on any atom is 0.433 e. The molecule has 1 nitrogen and oxygen atoms in total. The van der Waals surface area contributed by atoms with Crippen LogP contribution in [0.4, 0.5) is 26.3 Å². The minimum absolute atomic E-state index is 0.0197. The third-order valence-corrected chi connectivity index (χ3v) is 2.05. The van der Waals surface area contributed by atoms with Crippen molar-refractivity contribution in [1.82, 2.24) is 4.98 Å². The molecule has 0 unspecified atom stereocenters. The Kier molecular flexibility index (Phi) is 3.40. The monoisotopic (exact) mass is 257 g/mol. The van der Waals surface area contributed by atoms with Crippen molar-refractivity contribution in [1.29, 1.82) is 0 Å². The fourth-order valence-electron chi connectivity index (χ4n) is 1.16. The molecule has 0 saturated carbocycles. The first-order chi connectivity index (χ1) is 7.51. The van der Waals surface area contributed by atoms with Gasteiger partial charge >= 0.3 is 12.4 Å². The summed E-state index contributed by atoms with van der Waals surface area (Å²) in [5.41, 5.74) is -3.08. The molecule has 0 bridgehead atoms. The molecule has 0 radical (unpaired) electrons. The van der Waals surface area contributed by atoms with E-state index in [0.717, 1.165) is 0 Å². The zero-order valence-electron chi connectivity index (χ0n) is 8.95. The van der Waals surface area contributed by atoms with E-state index in [0.29, 0.717) is 6.07 Å². The van der Waals surface area contributed by atoms with Crippen LogP contribution in [0.5, 0.6) is 0 Å². The smallest absolute Gasteiger partial charge is 0.248 e. The molecule has 7 heteroatoms. The third kappa shape index (κ3) is 3.34. The topological polar surface area (TPSA) is 12.9 Å². The average molecular weight is 257 g/mol. The second kappa shape index (κ2) is 4.19. The number of alkyl halides is 6. The first-order valence-corrected chi connectivity index (χ1v) is 4.68. The van der Waals surface area contributed by atoms with Gasteiger partial charge < -0.3 is 0 Å². The van der Waals surface area contributed by atoms with Crippen LogP contribution in [0.15, 0.2) is 12.1 Å². The standard InChI is InChI=1S/C10H9F6N/c1-5(2)7-3-6(9(11,12)13)4-8(17-7)10(14,15)16/h3-5H,1-2H3. The summed E-state index contributed by atoms with van der Waals surface area (Å²) in [6.07, 6.45) is -9.70. The highest BCUT2D eigenvalue weighted by Gasteiger charge is 2.38. The fourth-order valence-corrected chi connectivity index (χ4v) is 1.16. The van der Waals surface area contributed by atoms with Crippen LogP contribution in [0.2, 0.25) is 0 Å². The maximum atomic E-state index is 12.4. The lowest BCUT2D eigenvalue weighted by Crippen LogP contribution is -2.14. The van der Waals surface area contributed by atoms with Crippen molar-refractivity contribution in [2.24, 2.45) is 0 Å². The lowest BCUT2D eigenvalue weighted by atomic mass is 10.1. The average Bonchev–Trinajstić information content (AvgIpc) is 2.14. The van der Waals surface area contributed by atoms with Gasteiger partial charge in [-0.25, -0.2) is 4.98 Å². The molecule has 0 amide bonds. The molecule has 1 heterocycles. The van der Waals surface area contributed by atoms with Crippen LogP contribution >= 0.6 is 0 Å². The molecule has 0 aliphatic heterocycles. The van der Waals surface area contributed by atoms with E-state index in [2.05, 4.69) is 4.98 Å². The predicted molar refractivity (Wildman–Crippen MR) is 48.3 cm³/mol. The third-order valence-electron chi connectivity index (χ3n) is 2.05. The fraction of sp³-hybridized carbons (Fsp3) is 0.500. The van der Waals surface area contributed by atoms with Gasteiger partial charge in [0, 0.05) is 5.69 Å². The van der Waals surface area contributed by atoms with Gasteiger partial charge in [0.2, 0.25) is 0 Å². The normalized spacial score (nSPS) is 13.2. The Morgan fingerprint density at radius 3 is 1.82 bits per heavy atom. The van der Waals surface area contributed by atoms with Gasteiger partial charge in [-0.15, -0.1) is 0 Å². The highest BCUT2D eigenvalue weighted by Crippen LogP contribution is 2.35. The number of aromatic nitrogens is 1. The molecule has 0 aliphatic carbocycles. The molecular weight excluding hydrogens is 248 g/mol. The molecule has 1 aromatic rings. The van der Waals surface area contributed by atoms with Crippen LogP contribution < -0.4 is 0 Å². The van der Waals surface area contributed by atoms with Crippen LogP contribution in [-0.2, 0) is 12.4 Å². The highest BCUT2D eigenvalue weighted by molar-refractivity contribution is 5.27. The van der Waals surface area contributed by atoms with E-state index in [1.807, 2.05) is 0 Å². The van der Waals surface area contributed by atoms with Gasteiger partial charge in [-0.2, -0.15) is 26.3 Å². The highest BCUT2D eigenvalue weighted by atomic mass is 19.4. The van der Waals surface area contributed by atoms with E-state index in [1.165, 1.54) is 13.8 Å². The first-order valence-electron chi connectivity index (χ1n) is 4.68. The zero-order valence-corrected chi connectivity index (χ0v) is 8.95. The quantitative estimate of drug-likeness (QED) is 0.685. The molecule has 1 rings (SSSR count). The van der Waals surface area contributed by atoms with Crippen molar-refractivity contribution in [2.75, 3.05) is 0 Å². The molecule has 0 atom stereocenters. The number of nitrogens with zero attached hydrogens (tertiary/aromatic N) is 1. The molecule has 0 aliphatic rings. The van der Waals surface area contributed by atoms with Crippen molar-refractivity contribution in [3.63, 3.8) is 0 Å². The van der Waals surface area contributed by atoms with Crippen LogP contribution in [0.1, 0.15) is 36.7 Å². The molecule has 0 aromatic carbocycles. The second-order valence-corrected chi connectivity index (χ2v) is 3.82. The van der Waals surface area contributed by atoms with Gasteiger partial charge in [0.1, 0.15) is 5.69 Å². The van der Waals surface area contributed by atoms with Crippen LogP contribution in [-0.4, -0.2) is 4.98 Å². The Bertz CT molecular complexity index is 372. The summed E-state index contributed by atoms with van der Waals surface area (Å²) >= 11 is 0. The van der Waals surface area contributed by atoms with E-state index in [-0.39, 0.29) is 11.8 Å². The van der Waals surface area contributed by atoms with Gasteiger partial charge in [0.05, 0.1) is 5.56 Å². The van der Waals surface area contributed by atoms with Crippen LogP contribution in [0.3, 0.4) is 0 Å². The van der Waals surface area contributed by atoms with E-state index < -0.39 is 29.5 Å². The van der Waals surface area contributed by atoms with Crippen molar-refractivity contribution >= 4 is 0 Å². The largest absolute Gasteiger partial charge is 0.433 e. The number of hydrogen-bond donors (Lipinski definition) is 0. The molecule has 17 heavy (non-hydrogen) atoms. The Morgan fingerprint density at radius 2 is 1.47 bits per heavy atom. The molecule has 0 saturated heterocycles. The second-order valence-electron chi connectivity index (χ2n) is 3.82. The zero-order chi connectivity index (χ0) is 13.4. The number of rotatable bonds is 1. The Hall–Kier alpha value is -1.27. The molecular formula is C10H9F6N. The summed E-state index contributed by atoms with van der Waals surface area (Å²) in [5.74, 6) is -0.515. The SMILES string of the molecule is CC(C)c1cc(C(F)(F)F)cc(C(F)(F)F)n1. The van der Waals surface area contributed by atoms with Crippen LogP contribution in [0, 0.1) is 0 Å². The molecule has 0 N–H and O–H groups in total. The van der Waals surface area contributed by atoms with E-state index >= 15 is 0 Å². The van der Waals surface area contributed by atoms with Crippen molar-refractivity contribution < 1.29 is 26.3 Å². The number of pyridine rings is 1. The minimum Gasteiger partial charge on any atom is -0.248 e. The van der Waals surface area contributed by atoms with Crippen molar-refractivity contribution in [3.05, 3.63) is 29.1 Å². The summed E-state index contributed by atoms with van der Waals surface area (Å²) in [4.78, 5) is 3.19. The van der Waals surface area contributed by atoms with Crippen molar-refractivity contribution in [2.45, 2.75) is 32.1 Å². The molecule has 0 fully saturated rings. The van der Waals surface area contributed by atoms with Crippen LogP contribution in [0.25, 0.3) is 0 Å². The Balaban J connectivity index is 3.40. The first kappa shape index (κ1) is 13.8. The van der Waals surface area contributed by atoms with E-state index in [9.17, 15) is 26.3 Å². The Morgan fingerprint density at radius 1 is 0.941 bits per heavy atom. The summed E-state index contributed by atoms with van der Waals surface area (Å²) in [6, 6.07) is 0.659. The van der Waals surface area contributed by atoms with Gasteiger partial charge in [-0.1, -0.05) is 13.8 Å². The summed E-state index contributed by atoms with van der Waals surface area (Å²) in [5, 5.41) is 0. The minimum atomic E-state index is -4.88. The van der Waals surface area contributed by atoms with Crippen molar-refractivity contribution in [3.8, 4) is 0 Å². The molecule has 1 aromatic heterocycles. The van der Waals surface area contributed by atoms with E-state index in [4.69, 9.17) is 0 Å². The Labute approximate surface area is 93.5 Å².